The van der Waals surface area contributed by atoms with Crippen LogP contribution in [-0.2, 0) is 4.79 Å². The van der Waals surface area contributed by atoms with E-state index in [4.69, 9.17) is 11.6 Å². The Labute approximate surface area is 99.5 Å². The number of nitrogens with zero attached hydrogens (tertiary/aromatic N) is 1. The van der Waals surface area contributed by atoms with Crippen LogP contribution in [0.1, 0.15) is 19.3 Å². The van der Waals surface area contributed by atoms with Crippen molar-refractivity contribution < 1.29 is 9.59 Å². The Bertz CT molecular complexity index is 298. The van der Waals surface area contributed by atoms with Gasteiger partial charge in [0.25, 0.3) is 0 Å². The van der Waals surface area contributed by atoms with Gasteiger partial charge < -0.3 is 5.32 Å². The molecule has 6 heteroatoms. The minimum Gasteiger partial charge on any atom is -0.333 e. The van der Waals surface area contributed by atoms with Gasteiger partial charge in [0.15, 0.2) is 0 Å². The molecule has 2 rings (SSSR count). The smallest absolute Gasteiger partial charge is 0.321 e. The van der Waals surface area contributed by atoms with Crippen molar-refractivity contribution in [1.29, 1.82) is 0 Å². The van der Waals surface area contributed by atoms with Gasteiger partial charge in [-0.2, -0.15) is 0 Å². The molecule has 2 saturated heterocycles. The van der Waals surface area contributed by atoms with Crippen molar-refractivity contribution in [1.82, 2.24) is 15.5 Å². The van der Waals surface area contributed by atoms with Crippen molar-refractivity contribution in [2.45, 2.75) is 31.3 Å². The van der Waals surface area contributed by atoms with Crippen LogP contribution < -0.4 is 10.6 Å². The summed E-state index contributed by atoms with van der Waals surface area (Å²) < 4.78 is 0. The number of imide groups is 1. The summed E-state index contributed by atoms with van der Waals surface area (Å²) in [6, 6.07) is 0.201. The molecule has 0 bridgehead atoms. The summed E-state index contributed by atoms with van der Waals surface area (Å²) in [6.07, 6.45) is 3.30. The summed E-state index contributed by atoms with van der Waals surface area (Å²) in [5.74, 6) is -0.645. The van der Waals surface area contributed by atoms with E-state index in [1.165, 1.54) is 6.42 Å². The first-order chi connectivity index (χ1) is 7.70. The molecular formula is C10H16ClN3O2. The molecule has 2 unspecified atom stereocenters. The second-order valence-corrected chi connectivity index (χ2v) is 4.56. The fourth-order valence-corrected chi connectivity index (χ4v) is 2.68. The zero-order valence-electron chi connectivity index (χ0n) is 9.04. The van der Waals surface area contributed by atoms with Crippen LogP contribution in [0.15, 0.2) is 0 Å². The number of hydrogen-bond acceptors (Lipinski definition) is 3. The van der Waals surface area contributed by atoms with Gasteiger partial charge in [-0.15, -0.1) is 11.6 Å². The van der Waals surface area contributed by atoms with E-state index in [-0.39, 0.29) is 11.9 Å². The summed E-state index contributed by atoms with van der Waals surface area (Å²) in [5.41, 5.74) is 0. The predicted molar refractivity (Wildman–Crippen MR) is 60.4 cm³/mol. The maximum atomic E-state index is 11.4. The first-order valence-corrected chi connectivity index (χ1v) is 6.14. The van der Waals surface area contributed by atoms with Crippen molar-refractivity contribution >= 4 is 23.5 Å². The van der Waals surface area contributed by atoms with Crippen LogP contribution in [0.25, 0.3) is 0 Å². The highest BCUT2D eigenvalue weighted by Gasteiger charge is 2.37. The van der Waals surface area contributed by atoms with E-state index in [0.29, 0.717) is 6.04 Å². The molecule has 5 nitrogen and oxygen atoms in total. The Hall–Kier alpha value is -0.810. The number of carbonyl (C=O) groups is 2. The number of amides is 3. The molecule has 2 N–H and O–H groups in total. The number of urea groups is 1. The minimum absolute atomic E-state index is 0.172. The van der Waals surface area contributed by atoms with Crippen LogP contribution >= 0.6 is 11.6 Å². The molecule has 0 radical (unpaired) electrons. The molecule has 0 aromatic rings. The van der Waals surface area contributed by atoms with E-state index in [0.717, 1.165) is 25.9 Å². The first kappa shape index (κ1) is 11.7. The molecule has 16 heavy (non-hydrogen) atoms. The highest BCUT2D eigenvalue weighted by Crippen LogP contribution is 2.27. The highest BCUT2D eigenvalue weighted by molar-refractivity contribution is 6.28. The van der Waals surface area contributed by atoms with E-state index in [1.54, 1.807) is 0 Å². The van der Waals surface area contributed by atoms with Gasteiger partial charge in [0.2, 0.25) is 5.91 Å². The van der Waals surface area contributed by atoms with Crippen LogP contribution in [0.4, 0.5) is 4.79 Å². The number of rotatable bonds is 2. The van der Waals surface area contributed by atoms with E-state index < -0.39 is 11.9 Å². The van der Waals surface area contributed by atoms with E-state index in [1.807, 2.05) is 0 Å². The Morgan fingerprint density at radius 3 is 2.88 bits per heavy atom. The SMILES string of the molecule is O=C(CCl)NC(=O)NC1CCN2CCCC12. The van der Waals surface area contributed by atoms with Crippen LogP contribution in [0.3, 0.4) is 0 Å². The maximum absolute atomic E-state index is 11.4. The number of halogens is 1. The van der Waals surface area contributed by atoms with Crippen LogP contribution in [0, 0.1) is 0 Å². The molecule has 2 aliphatic rings. The number of fused-ring (bicyclic) bond motifs is 1. The highest BCUT2D eigenvalue weighted by atomic mass is 35.5. The largest absolute Gasteiger partial charge is 0.333 e. The second-order valence-electron chi connectivity index (χ2n) is 4.30. The second kappa shape index (κ2) is 5.01. The number of carbonyl (C=O) groups excluding carboxylic acids is 2. The molecule has 0 aromatic heterocycles. The molecule has 2 aliphatic heterocycles. The summed E-state index contributed by atoms with van der Waals surface area (Å²) in [7, 11) is 0. The third-order valence-electron chi connectivity index (χ3n) is 3.30. The minimum atomic E-state index is -0.458. The molecule has 3 amide bonds. The van der Waals surface area contributed by atoms with Gasteiger partial charge in [0.05, 0.1) is 0 Å². The van der Waals surface area contributed by atoms with E-state index in [9.17, 15) is 9.59 Å². The zero-order valence-corrected chi connectivity index (χ0v) is 9.79. The number of nitrogens with one attached hydrogen (secondary N) is 2. The molecule has 2 heterocycles. The standard InChI is InChI=1S/C10H16ClN3O2/c11-6-9(15)13-10(16)12-7-3-5-14-4-1-2-8(7)14/h7-8H,1-6H2,(H2,12,13,15,16). The Morgan fingerprint density at radius 2 is 2.12 bits per heavy atom. The molecule has 0 aliphatic carbocycles. The van der Waals surface area contributed by atoms with Crippen molar-refractivity contribution in [3.63, 3.8) is 0 Å². The van der Waals surface area contributed by atoms with Crippen molar-refractivity contribution in [3.05, 3.63) is 0 Å². The lowest BCUT2D eigenvalue weighted by atomic mass is 10.1. The van der Waals surface area contributed by atoms with Crippen LogP contribution in [-0.4, -0.2) is 47.9 Å². The lowest BCUT2D eigenvalue weighted by Gasteiger charge is -2.21. The lowest BCUT2D eigenvalue weighted by molar-refractivity contribution is -0.117. The van der Waals surface area contributed by atoms with E-state index in [2.05, 4.69) is 15.5 Å². The monoisotopic (exact) mass is 245 g/mol. The quantitative estimate of drug-likeness (QED) is 0.688. The van der Waals surface area contributed by atoms with Crippen molar-refractivity contribution in [2.24, 2.45) is 0 Å². The van der Waals surface area contributed by atoms with Gasteiger partial charge in [-0.25, -0.2) is 4.79 Å². The molecule has 2 fully saturated rings. The first-order valence-electron chi connectivity index (χ1n) is 5.61. The summed E-state index contributed by atoms with van der Waals surface area (Å²) in [5, 5.41) is 5.04. The Kier molecular flexibility index (Phi) is 3.66. The predicted octanol–water partition coefficient (Wildman–Crippen LogP) is 0.288. The van der Waals surface area contributed by atoms with Gasteiger partial charge in [-0.1, -0.05) is 0 Å². The fraction of sp³-hybridized carbons (Fsp3) is 0.800. The number of hydrogen-bond donors (Lipinski definition) is 2. The Balaban J connectivity index is 1.81. The average molecular weight is 246 g/mol. The summed E-state index contributed by atoms with van der Waals surface area (Å²) in [4.78, 5) is 24.7. The molecular weight excluding hydrogens is 230 g/mol. The molecule has 0 aromatic carbocycles. The molecule has 0 spiro atoms. The lowest BCUT2D eigenvalue weighted by Crippen LogP contribution is -2.48. The summed E-state index contributed by atoms with van der Waals surface area (Å²) >= 11 is 5.30. The molecule has 2 atom stereocenters. The normalized spacial score (nSPS) is 28.8. The number of alkyl halides is 1. The Morgan fingerprint density at radius 1 is 1.31 bits per heavy atom. The maximum Gasteiger partial charge on any atom is 0.321 e. The van der Waals surface area contributed by atoms with Gasteiger partial charge in [-0.3, -0.25) is 15.0 Å². The van der Waals surface area contributed by atoms with Crippen LogP contribution in [0.5, 0.6) is 0 Å². The fourth-order valence-electron chi connectivity index (χ4n) is 2.62. The van der Waals surface area contributed by atoms with Gasteiger partial charge in [-0.05, 0) is 25.8 Å². The zero-order chi connectivity index (χ0) is 11.5. The average Bonchev–Trinajstić information content (AvgIpc) is 2.82. The van der Waals surface area contributed by atoms with Gasteiger partial charge in [0, 0.05) is 18.6 Å². The van der Waals surface area contributed by atoms with E-state index >= 15 is 0 Å². The molecule has 90 valence electrons. The third kappa shape index (κ3) is 2.47. The topological polar surface area (TPSA) is 61.4 Å². The summed E-state index contributed by atoms with van der Waals surface area (Å²) in [6.45, 7) is 2.17. The van der Waals surface area contributed by atoms with Crippen molar-refractivity contribution in [2.75, 3.05) is 19.0 Å². The van der Waals surface area contributed by atoms with Gasteiger partial charge in [0.1, 0.15) is 5.88 Å². The van der Waals surface area contributed by atoms with Crippen molar-refractivity contribution in [3.8, 4) is 0 Å². The van der Waals surface area contributed by atoms with Gasteiger partial charge >= 0.3 is 6.03 Å². The molecule has 0 saturated carbocycles. The van der Waals surface area contributed by atoms with Crippen LogP contribution in [0.2, 0.25) is 0 Å². The third-order valence-corrected chi connectivity index (χ3v) is 3.54.